The Morgan fingerprint density at radius 1 is 1.21 bits per heavy atom. The Morgan fingerprint density at radius 2 is 1.88 bits per heavy atom. The largest absolute Gasteiger partial charge is 0.492 e. The lowest BCUT2D eigenvalue weighted by molar-refractivity contribution is -0.122. The smallest absolute Gasteiger partial charge is 0.220 e. The van der Waals surface area contributed by atoms with Crippen molar-refractivity contribution in [3.8, 4) is 5.75 Å². The highest BCUT2D eigenvalue weighted by atomic mass is 16.5. The number of benzene rings is 1. The van der Waals surface area contributed by atoms with Crippen molar-refractivity contribution in [1.82, 2.24) is 10.6 Å². The molecule has 1 saturated heterocycles. The second-order valence-corrected chi connectivity index (χ2v) is 7.19. The average molecular weight is 332 g/mol. The second-order valence-electron chi connectivity index (χ2n) is 7.19. The fourth-order valence-corrected chi connectivity index (χ4v) is 3.25. The number of carbonyl (C=O) groups is 1. The number of hydrogen-bond acceptors (Lipinski definition) is 3. The van der Waals surface area contributed by atoms with Gasteiger partial charge in [-0.3, -0.25) is 4.79 Å². The van der Waals surface area contributed by atoms with Gasteiger partial charge in [0.1, 0.15) is 12.4 Å². The lowest BCUT2D eigenvalue weighted by Gasteiger charge is -2.27. The molecule has 1 unspecified atom stereocenters. The minimum absolute atomic E-state index is 0.139. The van der Waals surface area contributed by atoms with Crippen LogP contribution in [0.15, 0.2) is 24.3 Å². The molecule has 0 saturated carbocycles. The molecule has 1 aromatic rings. The van der Waals surface area contributed by atoms with E-state index in [1.54, 1.807) is 0 Å². The minimum Gasteiger partial charge on any atom is -0.492 e. The van der Waals surface area contributed by atoms with Gasteiger partial charge in [0.2, 0.25) is 5.91 Å². The summed E-state index contributed by atoms with van der Waals surface area (Å²) in [6, 6.07) is 8.19. The summed E-state index contributed by atoms with van der Waals surface area (Å²) in [4.78, 5) is 12.0. The first kappa shape index (κ1) is 18.8. The summed E-state index contributed by atoms with van der Waals surface area (Å²) in [6.07, 6.45) is 2.99. The predicted molar refractivity (Wildman–Crippen MR) is 98.4 cm³/mol. The van der Waals surface area contributed by atoms with Crippen LogP contribution in [-0.4, -0.2) is 32.1 Å². The zero-order valence-electron chi connectivity index (χ0n) is 15.3. The van der Waals surface area contributed by atoms with E-state index in [2.05, 4.69) is 43.5 Å². The van der Waals surface area contributed by atoms with E-state index in [0.29, 0.717) is 37.3 Å². The van der Waals surface area contributed by atoms with Crippen LogP contribution in [0.5, 0.6) is 5.75 Å². The van der Waals surface area contributed by atoms with Crippen molar-refractivity contribution >= 4 is 5.91 Å². The number of ether oxygens (including phenoxy) is 1. The predicted octanol–water partition coefficient (Wildman–Crippen LogP) is 3.33. The zero-order valence-corrected chi connectivity index (χ0v) is 15.3. The lowest BCUT2D eigenvalue weighted by Crippen LogP contribution is -2.34. The van der Waals surface area contributed by atoms with Crippen molar-refractivity contribution in [2.24, 2.45) is 11.8 Å². The molecule has 24 heavy (non-hydrogen) atoms. The van der Waals surface area contributed by atoms with Crippen LogP contribution >= 0.6 is 0 Å². The first-order valence-electron chi connectivity index (χ1n) is 9.26. The van der Waals surface area contributed by atoms with Crippen LogP contribution in [0, 0.1) is 11.8 Å². The molecule has 1 aliphatic heterocycles. The average Bonchev–Trinajstić information content (AvgIpc) is 2.60. The third kappa shape index (κ3) is 6.16. The van der Waals surface area contributed by atoms with Crippen LogP contribution in [0.2, 0.25) is 0 Å². The van der Waals surface area contributed by atoms with Crippen molar-refractivity contribution in [3.63, 3.8) is 0 Å². The highest BCUT2D eigenvalue weighted by molar-refractivity contribution is 5.76. The standard InChI is InChI=1S/C20H32N2O2/c1-15(2)17-4-6-19(7-5-17)24-13-12-22-20(23)14-16(3)18-8-10-21-11-9-18/h4-7,15-16,18,21H,8-14H2,1-3H3,(H,22,23). The van der Waals surface area contributed by atoms with Gasteiger partial charge in [-0.05, 0) is 61.4 Å². The van der Waals surface area contributed by atoms with Gasteiger partial charge in [-0.15, -0.1) is 0 Å². The molecule has 0 spiro atoms. The van der Waals surface area contributed by atoms with Gasteiger partial charge in [0.25, 0.3) is 0 Å². The van der Waals surface area contributed by atoms with E-state index in [1.807, 2.05) is 12.1 Å². The molecule has 1 atom stereocenters. The van der Waals surface area contributed by atoms with Gasteiger partial charge in [-0.2, -0.15) is 0 Å². The van der Waals surface area contributed by atoms with Crippen LogP contribution < -0.4 is 15.4 Å². The maximum atomic E-state index is 12.0. The summed E-state index contributed by atoms with van der Waals surface area (Å²) >= 11 is 0. The third-order valence-electron chi connectivity index (χ3n) is 4.94. The molecule has 4 heteroatoms. The zero-order chi connectivity index (χ0) is 17.4. The molecule has 1 amide bonds. The van der Waals surface area contributed by atoms with Crippen molar-refractivity contribution in [2.75, 3.05) is 26.2 Å². The normalized spacial score (nSPS) is 16.8. The van der Waals surface area contributed by atoms with E-state index in [4.69, 9.17) is 4.74 Å². The van der Waals surface area contributed by atoms with Gasteiger partial charge in [-0.1, -0.05) is 32.9 Å². The molecule has 1 aliphatic rings. The highest BCUT2D eigenvalue weighted by Gasteiger charge is 2.21. The molecular weight excluding hydrogens is 300 g/mol. The molecule has 0 aromatic heterocycles. The van der Waals surface area contributed by atoms with Crippen molar-refractivity contribution < 1.29 is 9.53 Å². The summed E-state index contributed by atoms with van der Waals surface area (Å²) < 4.78 is 5.69. The topological polar surface area (TPSA) is 50.4 Å². The minimum atomic E-state index is 0.139. The van der Waals surface area contributed by atoms with Crippen molar-refractivity contribution in [1.29, 1.82) is 0 Å². The highest BCUT2D eigenvalue weighted by Crippen LogP contribution is 2.24. The van der Waals surface area contributed by atoms with Gasteiger partial charge in [0.05, 0.1) is 6.54 Å². The van der Waals surface area contributed by atoms with Gasteiger partial charge < -0.3 is 15.4 Å². The Morgan fingerprint density at radius 3 is 2.50 bits per heavy atom. The molecule has 0 aliphatic carbocycles. The van der Waals surface area contributed by atoms with Gasteiger partial charge >= 0.3 is 0 Å². The molecule has 2 rings (SSSR count). The number of rotatable bonds is 8. The molecule has 1 heterocycles. The molecule has 1 aromatic carbocycles. The van der Waals surface area contributed by atoms with Gasteiger partial charge in [0, 0.05) is 6.42 Å². The quantitative estimate of drug-likeness (QED) is 0.718. The van der Waals surface area contributed by atoms with E-state index >= 15 is 0 Å². The fourth-order valence-electron chi connectivity index (χ4n) is 3.25. The number of piperidine rings is 1. The molecule has 2 N–H and O–H groups in total. The second kappa shape index (κ2) is 9.67. The van der Waals surface area contributed by atoms with E-state index in [1.165, 1.54) is 18.4 Å². The maximum Gasteiger partial charge on any atom is 0.220 e. The summed E-state index contributed by atoms with van der Waals surface area (Å²) in [6.45, 7) is 9.78. The summed E-state index contributed by atoms with van der Waals surface area (Å²) in [7, 11) is 0. The van der Waals surface area contributed by atoms with Crippen molar-refractivity contribution in [2.45, 2.75) is 46.0 Å². The molecule has 4 nitrogen and oxygen atoms in total. The van der Waals surface area contributed by atoms with E-state index < -0.39 is 0 Å². The van der Waals surface area contributed by atoms with Crippen LogP contribution in [0.4, 0.5) is 0 Å². The monoisotopic (exact) mass is 332 g/mol. The number of nitrogens with one attached hydrogen (secondary N) is 2. The molecule has 1 fully saturated rings. The fraction of sp³-hybridized carbons (Fsp3) is 0.650. The molecular formula is C20H32N2O2. The number of amides is 1. The Bertz CT molecular complexity index is 493. The molecule has 0 bridgehead atoms. The first-order chi connectivity index (χ1) is 11.6. The number of hydrogen-bond donors (Lipinski definition) is 2. The van der Waals surface area contributed by atoms with Crippen molar-refractivity contribution in [3.05, 3.63) is 29.8 Å². The van der Waals surface area contributed by atoms with Gasteiger partial charge in [0.15, 0.2) is 0 Å². The number of carbonyl (C=O) groups excluding carboxylic acids is 1. The Balaban J connectivity index is 1.61. The van der Waals surface area contributed by atoms with E-state index in [0.717, 1.165) is 18.8 Å². The van der Waals surface area contributed by atoms with Crippen LogP contribution in [-0.2, 0) is 4.79 Å². The first-order valence-corrected chi connectivity index (χ1v) is 9.26. The Labute approximate surface area is 146 Å². The van der Waals surface area contributed by atoms with Crippen LogP contribution in [0.1, 0.15) is 51.5 Å². The van der Waals surface area contributed by atoms with Crippen LogP contribution in [0.25, 0.3) is 0 Å². The third-order valence-corrected chi connectivity index (χ3v) is 4.94. The SMILES string of the molecule is CC(C)c1ccc(OCCNC(=O)CC(C)C2CCNCC2)cc1. The summed E-state index contributed by atoms with van der Waals surface area (Å²) in [5, 5.41) is 6.35. The summed E-state index contributed by atoms with van der Waals surface area (Å²) in [5.41, 5.74) is 1.31. The van der Waals surface area contributed by atoms with E-state index in [9.17, 15) is 4.79 Å². The molecule has 134 valence electrons. The Hall–Kier alpha value is -1.55. The maximum absolute atomic E-state index is 12.0. The Kier molecular flexibility index (Phi) is 7.57. The molecule has 0 radical (unpaired) electrons. The summed E-state index contributed by atoms with van der Waals surface area (Å²) in [5.74, 6) is 2.65. The lowest BCUT2D eigenvalue weighted by atomic mass is 9.84. The van der Waals surface area contributed by atoms with E-state index in [-0.39, 0.29) is 5.91 Å². The van der Waals surface area contributed by atoms with Gasteiger partial charge in [-0.25, -0.2) is 0 Å². The van der Waals surface area contributed by atoms with Crippen LogP contribution in [0.3, 0.4) is 0 Å².